The number of aliphatic hydroxyl groups is 1. The summed E-state index contributed by atoms with van der Waals surface area (Å²) >= 11 is 0. The van der Waals surface area contributed by atoms with Gasteiger partial charge in [-0.1, -0.05) is 37.3 Å². The molecule has 1 fully saturated rings. The van der Waals surface area contributed by atoms with Crippen LogP contribution in [0.5, 0.6) is 0 Å². The van der Waals surface area contributed by atoms with Crippen LogP contribution >= 0.6 is 0 Å². The molecule has 53 heavy (non-hydrogen) atoms. The molecule has 5 heterocycles. The summed E-state index contributed by atoms with van der Waals surface area (Å²) in [5.41, 5.74) is 2.71. The van der Waals surface area contributed by atoms with Crippen LogP contribution in [-0.2, 0) is 51.3 Å². The molecule has 11 nitrogen and oxygen atoms in total. The van der Waals surface area contributed by atoms with Gasteiger partial charge in [-0.25, -0.2) is 18.6 Å². The Hall–Kier alpha value is -5.31. The van der Waals surface area contributed by atoms with Gasteiger partial charge in [-0.15, -0.1) is 4.40 Å². The van der Waals surface area contributed by atoms with Crippen molar-refractivity contribution in [2.45, 2.75) is 50.0 Å². The van der Waals surface area contributed by atoms with Crippen molar-refractivity contribution in [2.75, 3.05) is 26.2 Å². The number of amidine groups is 1. The Morgan fingerprint density at radius 2 is 1.62 bits per heavy atom. The maximum atomic E-state index is 13.9. The van der Waals surface area contributed by atoms with E-state index in [9.17, 15) is 31.9 Å². The first kappa shape index (κ1) is 34.8. The highest BCUT2D eigenvalue weighted by Gasteiger charge is 2.45. The Morgan fingerprint density at radius 1 is 0.943 bits per heavy atom. The molecule has 14 heteroatoms. The van der Waals surface area contributed by atoms with E-state index >= 15 is 0 Å². The van der Waals surface area contributed by atoms with Gasteiger partial charge in [0.25, 0.3) is 15.6 Å². The summed E-state index contributed by atoms with van der Waals surface area (Å²) in [6.07, 6.45) is 0.190. The van der Waals surface area contributed by atoms with Crippen LogP contribution in [0.3, 0.4) is 0 Å². The smallest absolute Gasteiger partial charge is 0.343 e. The molecular weight excluding hydrogens is 705 g/mol. The molecule has 3 aliphatic heterocycles. The van der Waals surface area contributed by atoms with Gasteiger partial charge in [-0.05, 0) is 66.1 Å². The lowest BCUT2D eigenvalue weighted by molar-refractivity contribution is -0.172. The Bertz CT molecular complexity index is 2480. The molecule has 0 spiro atoms. The van der Waals surface area contributed by atoms with E-state index in [4.69, 9.17) is 9.72 Å². The van der Waals surface area contributed by atoms with Crippen molar-refractivity contribution < 1.29 is 31.8 Å². The molecule has 0 aliphatic carbocycles. The fourth-order valence-electron chi connectivity index (χ4n) is 7.47. The molecule has 272 valence electrons. The van der Waals surface area contributed by atoms with Crippen molar-refractivity contribution in [3.63, 3.8) is 0 Å². The number of para-hydroxylation sites is 1. The number of halogens is 2. The lowest BCUT2D eigenvalue weighted by atomic mass is 9.86. The average molecular weight is 740 g/mol. The van der Waals surface area contributed by atoms with Crippen LogP contribution in [0.2, 0.25) is 0 Å². The average Bonchev–Trinajstić information content (AvgIpc) is 3.53. The van der Waals surface area contributed by atoms with Crippen molar-refractivity contribution in [3.05, 3.63) is 129 Å². The third-order valence-corrected chi connectivity index (χ3v) is 11.8. The number of ether oxygens (including phenoxy) is 1. The molecule has 0 bridgehead atoms. The number of pyridine rings is 2. The van der Waals surface area contributed by atoms with Crippen molar-refractivity contribution in [3.8, 4) is 11.4 Å². The summed E-state index contributed by atoms with van der Waals surface area (Å²) in [4.78, 5) is 35.5. The summed E-state index contributed by atoms with van der Waals surface area (Å²) in [5.74, 6) is -1.45. The first-order valence-corrected chi connectivity index (χ1v) is 18.8. The number of hydrogen-bond donors (Lipinski definition) is 1. The number of hydrogen-bond acceptors (Lipinski definition) is 8. The van der Waals surface area contributed by atoms with Crippen LogP contribution in [0, 0.1) is 11.6 Å². The van der Waals surface area contributed by atoms with E-state index in [1.165, 1.54) is 24.3 Å². The van der Waals surface area contributed by atoms with Gasteiger partial charge in [0.2, 0.25) is 0 Å². The van der Waals surface area contributed by atoms with Crippen LogP contribution in [0.25, 0.3) is 22.3 Å². The minimum atomic E-state index is -4.18. The number of cyclic esters (lactones) is 1. The van der Waals surface area contributed by atoms with Crippen LogP contribution < -0.4 is 5.56 Å². The molecule has 1 atom stereocenters. The van der Waals surface area contributed by atoms with E-state index in [-0.39, 0.29) is 47.6 Å². The van der Waals surface area contributed by atoms with Gasteiger partial charge < -0.3 is 19.3 Å². The first-order valence-electron chi connectivity index (χ1n) is 17.3. The van der Waals surface area contributed by atoms with E-state index < -0.39 is 33.2 Å². The fourth-order valence-corrected chi connectivity index (χ4v) is 8.51. The molecule has 5 aromatic rings. The summed E-state index contributed by atoms with van der Waals surface area (Å²) < 4.78 is 65.1. The van der Waals surface area contributed by atoms with E-state index in [2.05, 4.69) is 9.30 Å². The second kappa shape index (κ2) is 13.3. The maximum absolute atomic E-state index is 13.9. The summed E-state index contributed by atoms with van der Waals surface area (Å²) in [6.45, 7) is 4.22. The third-order valence-electron chi connectivity index (χ3n) is 10.4. The third kappa shape index (κ3) is 6.19. The van der Waals surface area contributed by atoms with E-state index in [0.29, 0.717) is 55.5 Å². The number of sulfonamides is 1. The van der Waals surface area contributed by atoms with Crippen LogP contribution in [0.4, 0.5) is 8.78 Å². The highest BCUT2D eigenvalue weighted by molar-refractivity contribution is 7.90. The van der Waals surface area contributed by atoms with Gasteiger partial charge in [-0.2, -0.15) is 8.42 Å². The summed E-state index contributed by atoms with van der Waals surface area (Å²) in [6, 6.07) is 19.8. The first-order chi connectivity index (χ1) is 25.4. The molecule has 0 radical (unpaired) electrons. The monoisotopic (exact) mass is 739 g/mol. The molecule has 3 aliphatic rings. The molecule has 8 rings (SSSR count). The van der Waals surface area contributed by atoms with Gasteiger partial charge >= 0.3 is 5.97 Å². The van der Waals surface area contributed by atoms with Crippen LogP contribution in [0.1, 0.15) is 41.2 Å². The zero-order valence-corrected chi connectivity index (χ0v) is 29.6. The normalized spacial score (nSPS) is 18.8. The fraction of sp³-hybridized carbons (Fsp3) is 0.282. The van der Waals surface area contributed by atoms with Gasteiger partial charge in [-0.3, -0.25) is 9.69 Å². The Kier molecular flexibility index (Phi) is 8.71. The number of benzene rings is 3. The Morgan fingerprint density at radius 3 is 2.32 bits per heavy atom. The molecular formula is C39H35F2N5O6S. The molecule has 3 aromatic carbocycles. The highest BCUT2D eigenvalue weighted by Crippen LogP contribution is 2.40. The molecule has 0 saturated carbocycles. The maximum Gasteiger partial charge on any atom is 0.343 e. The highest BCUT2D eigenvalue weighted by atomic mass is 32.2. The number of nitrogens with zero attached hydrogens (tertiary/aromatic N) is 5. The molecule has 0 unspecified atom stereocenters. The number of piperazine rings is 1. The predicted octanol–water partition coefficient (Wildman–Crippen LogP) is 4.51. The minimum absolute atomic E-state index is 0.0471. The largest absolute Gasteiger partial charge is 0.458 e. The van der Waals surface area contributed by atoms with Crippen molar-refractivity contribution >= 4 is 32.7 Å². The Balaban J connectivity index is 1.10. The van der Waals surface area contributed by atoms with E-state index in [0.717, 1.165) is 34.2 Å². The quantitative estimate of drug-likeness (QED) is 0.143. The van der Waals surface area contributed by atoms with Crippen molar-refractivity contribution in [2.24, 2.45) is 4.40 Å². The molecule has 1 N–H and O–H groups in total. The number of rotatable bonds is 7. The standard InChI is InChI=1S/C39H35F2N5O6S/c1-2-39(49)32-20-34-36-30(22-46(34)37(47)31(32)23-52-38(39)48)29(28-5-3-4-6-33(28)42-36)21-44-15-17-45(18-16-44)35(19-24-7-9-25(40)10-8-24)43-53(50,51)27-13-11-26(41)12-14-27/h3-14,20,49H,2,15-19,21-23H2,1H3/b43-35-/t39-/m0/s1. The number of carbonyl (C=O) groups is 1. The second-order valence-corrected chi connectivity index (χ2v) is 15.1. The van der Waals surface area contributed by atoms with Crippen LogP contribution in [-0.4, -0.2) is 70.9 Å². The number of carbonyl (C=O) groups excluding carboxylic acids is 1. The molecule has 0 amide bonds. The zero-order valence-electron chi connectivity index (χ0n) is 28.8. The minimum Gasteiger partial charge on any atom is -0.458 e. The van der Waals surface area contributed by atoms with Gasteiger partial charge in [0.15, 0.2) is 5.60 Å². The van der Waals surface area contributed by atoms with E-state index in [1.54, 1.807) is 29.7 Å². The summed E-state index contributed by atoms with van der Waals surface area (Å²) in [5, 5.41) is 12.2. The van der Waals surface area contributed by atoms with Crippen LogP contribution in [0.15, 0.2) is 93.0 Å². The van der Waals surface area contributed by atoms with Gasteiger partial charge in [0, 0.05) is 55.7 Å². The lowest BCUT2D eigenvalue weighted by Gasteiger charge is -2.37. The number of esters is 1. The number of fused-ring (bicyclic) bond motifs is 5. The summed E-state index contributed by atoms with van der Waals surface area (Å²) in [7, 11) is -4.18. The second-order valence-electron chi connectivity index (χ2n) is 13.5. The van der Waals surface area contributed by atoms with Gasteiger partial charge in [0.05, 0.1) is 33.9 Å². The van der Waals surface area contributed by atoms with Crippen molar-refractivity contribution in [1.82, 2.24) is 19.4 Å². The zero-order chi connectivity index (χ0) is 37.1. The predicted molar refractivity (Wildman–Crippen MR) is 192 cm³/mol. The molecule has 1 saturated heterocycles. The topological polar surface area (TPSA) is 134 Å². The van der Waals surface area contributed by atoms with E-state index in [1.807, 2.05) is 29.2 Å². The van der Waals surface area contributed by atoms with Gasteiger partial charge in [0.1, 0.15) is 24.1 Å². The Labute approximate surface area is 303 Å². The van der Waals surface area contributed by atoms with Crippen molar-refractivity contribution in [1.29, 1.82) is 0 Å². The number of aromatic nitrogens is 2. The molecule has 2 aromatic heterocycles. The SMILES string of the molecule is CC[C@@]1(O)C(=O)OCc2c1cc1n(c2=O)Cc2c-1nc1ccccc1c2CN1CCN(/C(Cc2ccc(F)cc2)=N\S(=O)(=O)c2ccc(F)cc2)CC1. The lowest BCUT2D eigenvalue weighted by Crippen LogP contribution is -2.49.